The first-order valence-electron chi connectivity index (χ1n) is 11.8. The van der Waals surface area contributed by atoms with Crippen LogP contribution in [0.25, 0.3) is 10.9 Å². The van der Waals surface area contributed by atoms with Crippen LogP contribution in [0.1, 0.15) is 30.7 Å². The van der Waals surface area contributed by atoms with E-state index in [1.165, 1.54) is 11.8 Å². The van der Waals surface area contributed by atoms with Crippen molar-refractivity contribution < 1.29 is 14.3 Å². The van der Waals surface area contributed by atoms with Crippen molar-refractivity contribution >= 4 is 34.3 Å². The first-order valence-corrected chi connectivity index (χ1v) is 12.7. The van der Waals surface area contributed by atoms with Gasteiger partial charge in [0.2, 0.25) is 5.91 Å². The van der Waals surface area contributed by atoms with Crippen LogP contribution >= 0.6 is 11.8 Å². The first-order chi connectivity index (χ1) is 17.5. The van der Waals surface area contributed by atoms with E-state index in [9.17, 15) is 9.59 Å². The fraction of sp³-hybridized carbons (Fsp3) is 0.250. The van der Waals surface area contributed by atoms with E-state index >= 15 is 0 Å². The number of hydrogen-bond donors (Lipinski definition) is 1. The Morgan fingerprint density at radius 3 is 2.47 bits per heavy atom. The van der Waals surface area contributed by atoms with Gasteiger partial charge in [-0.2, -0.15) is 0 Å². The molecular weight excluding hydrogens is 474 g/mol. The highest BCUT2D eigenvalue weighted by Gasteiger charge is 2.27. The van der Waals surface area contributed by atoms with Gasteiger partial charge < -0.3 is 14.8 Å². The van der Waals surface area contributed by atoms with Crippen molar-refractivity contribution in [3.05, 3.63) is 94.8 Å². The summed E-state index contributed by atoms with van der Waals surface area (Å²) in [6, 6.07) is 23.8. The Balaban J connectivity index is 1.78. The Morgan fingerprint density at radius 1 is 1.03 bits per heavy atom. The van der Waals surface area contributed by atoms with E-state index in [-0.39, 0.29) is 17.5 Å². The predicted octanol–water partition coefficient (Wildman–Crippen LogP) is 5.47. The van der Waals surface area contributed by atoms with Crippen LogP contribution in [0.4, 0.5) is 5.69 Å². The maximum atomic E-state index is 13.7. The number of aromatic nitrogens is 2. The molecule has 1 aromatic heterocycles. The molecule has 186 valence electrons. The fourth-order valence-electron chi connectivity index (χ4n) is 3.97. The first kappa shape index (κ1) is 25.5. The number of para-hydroxylation sites is 3. The maximum absolute atomic E-state index is 13.7. The summed E-state index contributed by atoms with van der Waals surface area (Å²) >= 11 is 1.24. The number of amides is 1. The number of anilines is 1. The lowest BCUT2D eigenvalue weighted by atomic mass is 10.1. The molecule has 2 atom stereocenters. The summed E-state index contributed by atoms with van der Waals surface area (Å²) in [6.45, 7) is 4.61. The molecule has 0 fully saturated rings. The second kappa shape index (κ2) is 11.9. The lowest BCUT2D eigenvalue weighted by molar-refractivity contribution is -0.115. The summed E-state index contributed by atoms with van der Waals surface area (Å²) < 4.78 is 12.7. The van der Waals surface area contributed by atoms with Crippen LogP contribution < -0.4 is 15.6 Å². The predicted molar refractivity (Wildman–Crippen MR) is 144 cm³/mol. The molecule has 1 N–H and O–H groups in total. The van der Waals surface area contributed by atoms with E-state index in [1.54, 1.807) is 23.8 Å². The highest BCUT2D eigenvalue weighted by molar-refractivity contribution is 8.00. The van der Waals surface area contributed by atoms with Gasteiger partial charge in [0.1, 0.15) is 11.0 Å². The average Bonchev–Trinajstić information content (AvgIpc) is 2.89. The molecule has 0 bridgehead atoms. The molecule has 1 heterocycles. The maximum Gasteiger partial charge on any atom is 0.262 e. The van der Waals surface area contributed by atoms with Gasteiger partial charge in [0, 0.05) is 7.11 Å². The number of ether oxygens (including phenoxy) is 2. The lowest BCUT2D eigenvalue weighted by Gasteiger charge is -2.22. The largest absolute Gasteiger partial charge is 0.492 e. The van der Waals surface area contributed by atoms with Crippen LogP contribution in [0, 0.1) is 0 Å². The number of thioether (sulfide) groups is 1. The monoisotopic (exact) mass is 503 g/mol. The van der Waals surface area contributed by atoms with Gasteiger partial charge >= 0.3 is 0 Å². The highest BCUT2D eigenvalue weighted by Crippen LogP contribution is 2.37. The van der Waals surface area contributed by atoms with E-state index in [0.717, 1.165) is 5.56 Å². The van der Waals surface area contributed by atoms with Gasteiger partial charge in [-0.25, -0.2) is 4.98 Å². The smallest absolute Gasteiger partial charge is 0.262 e. The molecule has 0 radical (unpaired) electrons. The standard InChI is InChI=1S/C28H29N3O4S/c1-4-35-24-17-11-10-16-23(24)29-26(32)25(20-12-6-5-7-13-20)36-28-30-22-15-9-8-14-21(22)27(33)31(28)19(2)18-34-3/h5-17,19,25H,4,18H2,1-3H3,(H,29,32)/t19-,25+/m1/s1. The molecule has 1 amide bonds. The molecule has 36 heavy (non-hydrogen) atoms. The minimum atomic E-state index is -0.671. The molecule has 0 saturated heterocycles. The number of carbonyl (C=O) groups is 1. The second-order valence-electron chi connectivity index (χ2n) is 8.22. The highest BCUT2D eigenvalue weighted by atomic mass is 32.2. The molecule has 0 aliphatic heterocycles. The normalized spacial score (nSPS) is 12.8. The van der Waals surface area contributed by atoms with Crippen LogP contribution in [0.5, 0.6) is 5.75 Å². The molecule has 0 unspecified atom stereocenters. The van der Waals surface area contributed by atoms with Crippen LogP contribution in [-0.4, -0.2) is 35.8 Å². The van der Waals surface area contributed by atoms with Gasteiger partial charge in [0.15, 0.2) is 5.16 Å². The summed E-state index contributed by atoms with van der Waals surface area (Å²) in [7, 11) is 1.60. The van der Waals surface area contributed by atoms with Crippen LogP contribution in [0.15, 0.2) is 88.8 Å². The topological polar surface area (TPSA) is 82.5 Å². The van der Waals surface area contributed by atoms with Crippen molar-refractivity contribution in [2.24, 2.45) is 0 Å². The summed E-state index contributed by atoms with van der Waals surface area (Å²) in [5.74, 6) is 0.353. The Hall–Kier alpha value is -3.62. The third-order valence-electron chi connectivity index (χ3n) is 5.63. The zero-order chi connectivity index (χ0) is 25.5. The number of hydrogen-bond acceptors (Lipinski definition) is 6. The fourth-order valence-corrected chi connectivity index (χ4v) is 5.17. The van der Waals surface area contributed by atoms with Crippen LogP contribution in [0.2, 0.25) is 0 Å². The molecule has 0 spiro atoms. The molecule has 3 aromatic carbocycles. The molecule has 0 saturated carbocycles. The number of rotatable bonds is 10. The second-order valence-corrected chi connectivity index (χ2v) is 9.29. The molecule has 4 aromatic rings. The van der Waals surface area contributed by atoms with E-state index < -0.39 is 5.25 Å². The van der Waals surface area contributed by atoms with E-state index in [4.69, 9.17) is 14.5 Å². The zero-order valence-corrected chi connectivity index (χ0v) is 21.3. The SMILES string of the molecule is CCOc1ccccc1NC(=O)[C@@H](Sc1nc2ccccc2c(=O)n1[C@H](C)COC)c1ccccc1. The van der Waals surface area contributed by atoms with Crippen molar-refractivity contribution in [3.8, 4) is 5.75 Å². The molecule has 0 aliphatic carbocycles. The van der Waals surface area contributed by atoms with E-state index in [2.05, 4.69) is 5.32 Å². The van der Waals surface area contributed by atoms with Gasteiger partial charge in [-0.3, -0.25) is 14.2 Å². The lowest BCUT2D eigenvalue weighted by Crippen LogP contribution is -2.29. The van der Waals surface area contributed by atoms with Gasteiger partial charge in [0.05, 0.1) is 35.8 Å². The Morgan fingerprint density at radius 2 is 1.72 bits per heavy atom. The van der Waals surface area contributed by atoms with Gasteiger partial charge in [0.25, 0.3) is 5.56 Å². The van der Waals surface area contributed by atoms with Crippen LogP contribution in [0.3, 0.4) is 0 Å². The molecule has 4 rings (SSSR count). The van der Waals surface area contributed by atoms with E-state index in [1.807, 2.05) is 80.6 Å². The summed E-state index contributed by atoms with van der Waals surface area (Å²) in [6.07, 6.45) is 0. The van der Waals surface area contributed by atoms with E-state index in [0.29, 0.717) is 40.7 Å². The number of fused-ring (bicyclic) bond motifs is 1. The number of nitrogens with zero attached hydrogens (tertiary/aromatic N) is 2. The van der Waals surface area contributed by atoms with Crippen molar-refractivity contribution in [3.63, 3.8) is 0 Å². The average molecular weight is 504 g/mol. The molecular formula is C28H29N3O4S. The summed E-state index contributed by atoms with van der Waals surface area (Å²) in [4.78, 5) is 32.0. The third-order valence-corrected chi connectivity index (χ3v) is 6.85. The van der Waals surface area contributed by atoms with Gasteiger partial charge in [-0.05, 0) is 43.7 Å². The number of methoxy groups -OCH3 is 1. The number of nitrogens with one attached hydrogen (secondary N) is 1. The Kier molecular flexibility index (Phi) is 8.40. The zero-order valence-electron chi connectivity index (χ0n) is 20.5. The van der Waals surface area contributed by atoms with Crippen molar-refractivity contribution in [2.75, 3.05) is 25.6 Å². The summed E-state index contributed by atoms with van der Waals surface area (Å²) in [5, 5.41) is 3.32. The van der Waals surface area contributed by atoms with Gasteiger partial charge in [-0.1, -0.05) is 66.4 Å². The minimum Gasteiger partial charge on any atom is -0.492 e. The van der Waals surface area contributed by atoms with Crippen LogP contribution in [-0.2, 0) is 9.53 Å². The van der Waals surface area contributed by atoms with Crippen molar-refractivity contribution in [2.45, 2.75) is 30.3 Å². The van der Waals surface area contributed by atoms with Gasteiger partial charge in [-0.15, -0.1) is 0 Å². The summed E-state index contributed by atoms with van der Waals surface area (Å²) in [5.41, 5.74) is 1.80. The minimum absolute atomic E-state index is 0.165. The molecule has 0 aliphatic rings. The third kappa shape index (κ3) is 5.61. The molecule has 7 nitrogen and oxygen atoms in total. The number of benzene rings is 3. The van der Waals surface area contributed by atoms with Crippen molar-refractivity contribution in [1.29, 1.82) is 0 Å². The quantitative estimate of drug-likeness (QED) is 0.228. The Bertz CT molecular complexity index is 1390. The van der Waals surface area contributed by atoms with Crippen molar-refractivity contribution in [1.82, 2.24) is 9.55 Å². The molecule has 8 heteroatoms. The Labute approximate surface area is 214 Å². The number of carbonyl (C=O) groups excluding carboxylic acids is 1.